The van der Waals surface area contributed by atoms with Crippen LogP contribution in [0.3, 0.4) is 0 Å². The van der Waals surface area contributed by atoms with Crippen molar-refractivity contribution in [3.05, 3.63) is 35.9 Å². The average Bonchev–Trinajstić information content (AvgIpc) is 2.48. The summed E-state index contributed by atoms with van der Waals surface area (Å²) in [5, 5.41) is 0. The number of rotatable bonds is 1. The van der Waals surface area contributed by atoms with Crippen LogP contribution in [0.4, 0.5) is 0 Å². The van der Waals surface area contributed by atoms with Crippen LogP contribution < -0.4 is 0 Å². The van der Waals surface area contributed by atoms with Crippen LogP contribution >= 0.6 is 0 Å². The Kier molecular flexibility index (Phi) is 3.44. The van der Waals surface area contributed by atoms with Gasteiger partial charge >= 0.3 is 0 Å². The van der Waals surface area contributed by atoms with Crippen LogP contribution in [0.2, 0.25) is 0 Å². The van der Waals surface area contributed by atoms with E-state index in [0.717, 1.165) is 5.56 Å². The third-order valence-electron chi connectivity index (χ3n) is 1.91. The van der Waals surface area contributed by atoms with E-state index in [1.54, 1.807) is 0 Å². The van der Waals surface area contributed by atoms with E-state index in [0.29, 0.717) is 12.5 Å². The number of aliphatic imine (C=N–C) groups is 1. The molecule has 1 aromatic carbocycles. The standard InChI is InChI=1S/C11H12NO.Zn/c1-11(2)8-13-10(12-11)9-6-4-3-5-7-9;/h3-6H,8H2,1-2H3;/q-1;. The minimum absolute atomic E-state index is 0. The van der Waals surface area contributed by atoms with Gasteiger partial charge in [-0.2, -0.15) is 0 Å². The average molecular weight is 240 g/mol. The zero-order valence-corrected chi connectivity index (χ0v) is 11.5. The minimum Gasteiger partial charge on any atom is -0.518 e. The van der Waals surface area contributed by atoms with Crippen LogP contribution in [-0.4, -0.2) is 18.0 Å². The molecule has 0 fully saturated rings. The number of ether oxygens (including phenoxy) is 1. The summed E-state index contributed by atoms with van der Waals surface area (Å²) in [6.07, 6.45) is 0. The first-order valence-corrected chi connectivity index (χ1v) is 4.37. The molecule has 1 heterocycles. The van der Waals surface area contributed by atoms with Crippen molar-refractivity contribution in [2.75, 3.05) is 6.61 Å². The maximum Gasteiger partial charge on any atom is 0.130 e. The molecule has 2 rings (SSSR count). The first-order valence-electron chi connectivity index (χ1n) is 4.37. The van der Waals surface area contributed by atoms with Gasteiger partial charge in [0.05, 0.1) is 5.54 Å². The Balaban J connectivity index is 0.000000980. The zero-order valence-electron chi connectivity index (χ0n) is 8.58. The Morgan fingerprint density at radius 1 is 1.43 bits per heavy atom. The molecule has 0 aliphatic carbocycles. The molecule has 0 saturated carbocycles. The summed E-state index contributed by atoms with van der Waals surface area (Å²) >= 11 is 0. The molecule has 1 aliphatic heterocycles. The number of benzene rings is 1. The summed E-state index contributed by atoms with van der Waals surface area (Å²) in [4.78, 5) is 4.45. The van der Waals surface area contributed by atoms with Crippen molar-refractivity contribution >= 4 is 5.90 Å². The Morgan fingerprint density at radius 3 is 2.71 bits per heavy atom. The van der Waals surface area contributed by atoms with Crippen LogP contribution in [0.25, 0.3) is 0 Å². The topological polar surface area (TPSA) is 21.6 Å². The summed E-state index contributed by atoms with van der Waals surface area (Å²) in [6.45, 7) is 4.77. The number of hydrogen-bond donors (Lipinski definition) is 0. The van der Waals surface area contributed by atoms with E-state index in [2.05, 4.69) is 24.9 Å². The predicted molar refractivity (Wildman–Crippen MR) is 51.8 cm³/mol. The molecule has 0 amide bonds. The molecule has 0 unspecified atom stereocenters. The molecule has 0 bridgehead atoms. The summed E-state index contributed by atoms with van der Waals surface area (Å²) in [6, 6.07) is 10.8. The second kappa shape index (κ2) is 4.23. The Labute approximate surface area is 97.1 Å². The van der Waals surface area contributed by atoms with E-state index in [1.807, 2.05) is 24.3 Å². The Bertz CT molecular complexity index is 332. The third kappa shape index (κ3) is 2.42. The molecule has 0 atom stereocenters. The Hall–Kier alpha value is -0.687. The molecule has 14 heavy (non-hydrogen) atoms. The normalized spacial score (nSPS) is 18.0. The van der Waals surface area contributed by atoms with Crippen LogP contribution in [0.15, 0.2) is 29.3 Å². The van der Waals surface area contributed by atoms with Gasteiger partial charge in [-0.15, -0.1) is 30.3 Å². The number of hydrogen-bond acceptors (Lipinski definition) is 2. The number of nitrogens with zero attached hydrogens (tertiary/aromatic N) is 1. The molecule has 70 valence electrons. The van der Waals surface area contributed by atoms with Gasteiger partial charge in [-0.3, -0.25) is 4.99 Å². The first kappa shape index (κ1) is 11.4. The second-order valence-corrected chi connectivity index (χ2v) is 3.79. The van der Waals surface area contributed by atoms with Crippen molar-refractivity contribution in [1.82, 2.24) is 0 Å². The molecule has 0 saturated heterocycles. The van der Waals surface area contributed by atoms with E-state index in [9.17, 15) is 0 Å². The monoisotopic (exact) mass is 238 g/mol. The van der Waals surface area contributed by atoms with Crippen molar-refractivity contribution in [3.8, 4) is 0 Å². The fourth-order valence-electron chi connectivity index (χ4n) is 1.25. The van der Waals surface area contributed by atoms with Gasteiger partial charge in [0.25, 0.3) is 0 Å². The zero-order chi connectivity index (χ0) is 9.31. The Morgan fingerprint density at radius 2 is 2.21 bits per heavy atom. The smallest absolute Gasteiger partial charge is 0.130 e. The van der Waals surface area contributed by atoms with E-state index < -0.39 is 0 Å². The van der Waals surface area contributed by atoms with Gasteiger partial charge in [0.2, 0.25) is 0 Å². The summed E-state index contributed by atoms with van der Waals surface area (Å²) in [5.74, 6) is 0.714. The SMILES string of the molecule is CC1(C)COC(c2[c-]cccc2)=N1.[Zn]. The maximum atomic E-state index is 5.47. The van der Waals surface area contributed by atoms with Crippen LogP contribution in [0, 0.1) is 6.07 Å². The van der Waals surface area contributed by atoms with Crippen LogP contribution in [-0.2, 0) is 24.2 Å². The summed E-state index contributed by atoms with van der Waals surface area (Å²) in [7, 11) is 0. The largest absolute Gasteiger partial charge is 0.518 e. The van der Waals surface area contributed by atoms with E-state index >= 15 is 0 Å². The molecule has 0 spiro atoms. The minimum atomic E-state index is -0.0843. The van der Waals surface area contributed by atoms with Crippen LogP contribution in [0.5, 0.6) is 0 Å². The van der Waals surface area contributed by atoms with Crippen LogP contribution in [0.1, 0.15) is 19.4 Å². The first-order chi connectivity index (χ1) is 6.17. The van der Waals surface area contributed by atoms with Gasteiger partial charge in [-0.25, -0.2) is 0 Å². The van der Waals surface area contributed by atoms with E-state index in [4.69, 9.17) is 4.74 Å². The van der Waals surface area contributed by atoms with Gasteiger partial charge in [0, 0.05) is 19.5 Å². The van der Waals surface area contributed by atoms with Gasteiger partial charge in [0.1, 0.15) is 12.5 Å². The molecular weight excluding hydrogens is 228 g/mol. The molecule has 2 nitrogen and oxygen atoms in total. The van der Waals surface area contributed by atoms with Crippen molar-refractivity contribution in [1.29, 1.82) is 0 Å². The molecular formula is C11H12NOZn-. The summed E-state index contributed by atoms with van der Waals surface area (Å²) in [5.41, 5.74) is 0.854. The molecule has 0 N–H and O–H groups in total. The van der Waals surface area contributed by atoms with E-state index in [1.165, 1.54) is 0 Å². The quantitative estimate of drug-likeness (QED) is 0.543. The van der Waals surface area contributed by atoms with Crippen molar-refractivity contribution in [2.24, 2.45) is 4.99 Å². The molecule has 0 radical (unpaired) electrons. The van der Waals surface area contributed by atoms with Gasteiger partial charge in [0.15, 0.2) is 0 Å². The van der Waals surface area contributed by atoms with Crippen molar-refractivity contribution < 1.29 is 24.2 Å². The van der Waals surface area contributed by atoms with Gasteiger partial charge < -0.3 is 4.74 Å². The molecule has 1 aliphatic rings. The fourth-order valence-corrected chi connectivity index (χ4v) is 1.25. The van der Waals surface area contributed by atoms with Gasteiger partial charge in [-0.05, 0) is 13.8 Å². The molecule has 3 heteroatoms. The van der Waals surface area contributed by atoms with Crippen molar-refractivity contribution in [3.63, 3.8) is 0 Å². The molecule has 1 aromatic rings. The van der Waals surface area contributed by atoms with Crippen molar-refractivity contribution in [2.45, 2.75) is 19.4 Å². The second-order valence-electron chi connectivity index (χ2n) is 3.79. The molecule has 0 aromatic heterocycles. The van der Waals surface area contributed by atoms with Gasteiger partial charge in [-0.1, -0.05) is 5.56 Å². The maximum absolute atomic E-state index is 5.47. The third-order valence-corrected chi connectivity index (χ3v) is 1.91. The van der Waals surface area contributed by atoms with E-state index in [-0.39, 0.29) is 25.0 Å². The fraction of sp³-hybridized carbons (Fsp3) is 0.364. The predicted octanol–water partition coefficient (Wildman–Crippen LogP) is 2.04. The summed E-state index contributed by atoms with van der Waals surface area (Å²) < 4.78 is 5.47.